The number of rotatable bonds is 8. The van der Waals surface area contributed by atoms with Crippen LogP contribution in [-0.2, 0) is 6.61 Å². The minimum Gasteiger partial charge on any atom is -0.493 e. The van der Waals surface area contributed by atoms with Crippen LogP contribution in [0.3, 0.4) is 0 Å². The van der Waals surface area contributed by atoms with E-state index in [1.165, 1.54) is 30.5 Å². The molecule has 0 saturated heterocycles. The second-order valence-electron chi connectivity index (χ2n) is 7.47. The molecule has 0 heterocycles. The second-order valence-corrected chi connectivity index (χ2v) is 8.63. The monoisotopic (exact) mass is 581 g/mol. The first-order valence-electron chi connectivity index (χ1n) is 10.5. The molecule has 0 aliphatic carbocycles. The van der Waals surface area contributed by atoms with Crippen LogP contribution < -0.4 is 14.9 Å². The Bertz CT molecular complexity index is 1430. The Labute approximate surface area is 214 Å². The van der Waals surface area contributed by atoms with Gasteiger partial charge in [-0.15, -0.1) is 0 Å². The van der Waals surface area contributed by atoms with Gasteiger partial charge in [-0.25, -0.2) is 5.43 Å². The van der Waals surface area contributed by atoms with Gasteiger partial charge in [-0.2, -0.15) is 5.10 Å². The summed E-state index contributed by atoms with van der Waals surface area (Å²) < 4.78 is 12.5. The van der Waals surface area contributed by atoms with Crippen molar-refractivity contribution in [2.24, 2.45) is 5.10 Å². The van der Waals surface area contributed by atoms with Crippen LogP contribution in [0.2, 0.25) is 0 Å². The van der Waals surface area contributed by atoms with E-state index in [0.29, 0.717) is 23.7 Å². The SMILES string of the molecule is COc1cc(/C=N\NC(=O)c2cccc([N+](=O)[O-])c2)cc(I)c1OCc1cccc2ccccc12. The maximum Gasteiger partial charge on any atom is 0.271 e. The molecular weight excluding hydrogens is 561 g/mol. The van der Waals surface area contributed by atoms with Crippen molar-refractivity contribution in [1.82, 2.24) is 5.43 Å². The molecule has 0 atom stereocenters. The summed E-state index contributed by atoms with van der Waals surface area (Å²) in [5, 5.41) is 17.2. The summed E-state index contributed by atoms with van der Waals surface area (Å²) in [5.74, 6) is 0.587. The summed E-state index contributed by atoms with van der Waals surface area (Å²) in [7, 11) is 1.56. The lowest BCUT2D eigenvalue weighted by Gasteiger charge is -2.14. The maximum absolute atomic E-state index is 12.3. The summed E-state index contributed by atoms with van der Waals surface area (Å²) in [6, 6.07) is 23.3. The van der Waals surface area contributed by atoms with E-state index in [-0.39, 0.29) is 11.3 Å². The van der Waals surface area contributed by atoms with Crippen LogP contribution in [0.15, 0.2) is 84.0 Å². The highest BCUT2D eigenvalue weighted by atomic mass is 127. The molecule has 4 rings (SSSR count). The Morgan fingerprint density at radius 3 is 2.66 bits per heavy atom. The first-order valence-corrected chi connectivity index (χ1v) is 11.6. The van der Waals surface area contributed by atoms with Crippen molar-refractivity contribution in [3.63, 3.8) is 0 Å². The summed E-state index contributed by atoms with van der Waals surface area (Å²) in [6.07, 6.45) is 1.47. The van der Waals surface area contributed by atoms with Crippen LogP contribution >= 0.6 is 22.6 Å². The number of hydrazone groups is 1. The summed E-state index contributed by atoms with van der Waals surface area (Å²) in [6.45, 7) is 0.375. The molecule has 0 aromatic heterocycles. The lowest BCUT2D eigenvalue weighted by atomic mass is 10.1. The highest BCUT2D eigenvalue weighted by Crippen LogP contribution is 2.34. The summed E-state index contributed by atoms with van der Waals surface area (Å²) in [5.41, 5.74) is 4.10. The highest BCUT2D eigenvalue weighted by molar-refractivity contribution is 14.1. The molecule has 4 aromatic carbocycles. The molecule has 0 unspecified atom stereocenters. The van der Waals surface area contributed by atoms with Gasteiger partial charge in [0.15, 0.2) is 11.5 Å². The number of fused-ring (bicyclic) bond motifs is 1. The maximum atomic E-state index is 12.3. The minimum atomic E-state index is -0.557. The molecule has 35 heavy (non-hydrogen) atoms. The molecule has 0 aliphatic rings. The van der Waals surface area contributed by atoms with Crippen molar-refractivity contribution in [2.75, 3.05) is 7.11 Å². The van der Waals surface area contributed by atoms with Gasteiger partial charge in [0.1, 0.15) is 6.61 Å². The standard InChI is InChI=1S/C26H20IN3O5/c1-34-24-13-17(15-28-29-26(31)19-8-5-10-21(14-19)30(32)33)12-23(27)25(24)35-16-20-9-4-7-18-6-2-3-11-22(18)20/h2-15H,16H2,1H3,(H,29,31)/b28-15-. The molecular formula is C26H20IN3O5. The minimum absolute atomic E-state index is 0.140. The third-order valence-corrected chi connectivity index (χ3v) is 6.00. The van der Waals surface area contributed by atoms with E-state index in [1.807, 2.05) is 30.3 Å². The van der Waals surface area contributed by atoms with E-state index in [4.69, 9.17) is 9.47 Å². The van der Waals surface area contributed by atoms with Gasteiger partial charge in [0.2, 0.25) is 0 Å². The van der Waals surface area contributed by atoms with Crippen molar-refractivity contribution in [3.8, 4) is 11.5 Å². The van der Waals surface area contributed by atoms with Gasteiger partial charge in [0.25, 0.3) is 11.6 Å². The van der Waals surface area contributed by atoms with Crippen LogP contribution in [0.5, 0.6) is 11.5 Å². The Balaban J connectivity index is 1.47. The van der Waals surface area contributed by atoms with Crippen molar-refractivity contribution in [3.05, 3.63) is 109 Å². The molecule has 0 spiro atoms. The molecule has 1 amide bonds. The number of hydrogen-bond donors (Lipinski definition) is 1. The normalized spacial score (nSPS) is 10.9. The molecule has 8 nitrogen and oxygen atoms in total. The van der Waals surface area contributed by atoms with E-state index >= 15 is 0 Å². The third-order valence-electron chi connectivity index (χ3n) is 5.20. The Kier molecular flexibility index (Phi) is 7.56. The molecule has 0 saturated carbocycles. The van der Waals surface area contributed by atoms with Gasteiger partial charge in [-0.1, -0.05) is 48.5 Å². The summed E-state index contributed by atoms with van der Waals surface area (Å²) in [4.78, 5) is 22.6. The van der Waals surface area contributed by atoms with Crippen LogP contribution in [-0.4, -0.2) is 24.2 Å². The molecule has 9 heteroatoms. The first kappa shape index (κ1) is 24.1. The smallest absolute Gasteiger partial charge is 0.271 e. The van der Waals surface area contributed by atoms with Gasteiger partial charge in [0, 0.05) is 17.7 Å². The molecule has 0 aliphatic heterocycles. The van der Waals surface area contributed by atoms with Crippen LogP contribution in [0.4, 0.5) is 5.69 Å². The Morgan fingerprint density at radius 1 is 1.09 bits per heavy atom. The van der Waals surface area contributed by atoms with E-state index in [2.05, 4.69) is 51.3 Å². The average molecular weight is 581 g/mol. The Morgan fingerprint density at radius 2 is 1.86 bits per heavy atom. The zero-order chi connectivity index (χ0) is 24.8. The quantitative estimate of drug-likeness (QED) is 0.124. The number of nitro groups is 1. The number of benzene rings is 4. The number of carbonyl (C=O) groups excluding carboxylic acids is 1. The van der Waals surface area contributed by atoms with E-state index < -0.39 is 10.8 Å². The fourth-order valence-electron chi connectivity index (χ4n) is 3.51. The predicted molar refractivity (Wildman–Crippen MR) is 142 cm³/mol. The van der Waals surface area contributed by atoms with Gasteiger partial charge in [-0.3, -0.25) is 14.9 Å². The number of nitro benzene ring substituents is 1. The topological polar surface area (TPSA) is 103 Å². The zero-order valence-electron chi connectivity index (χ0n) is 18.6. The lowest BCUT2D eigenvalue weighted by Crippen LogP contribution is -2.17. The molecule has 1 N–H and O–H groups in total. The van der Waals surface area contributed by atoms with Crippen molar-refractivity contribution in [1.29, 1.82) is 0 Å². The number of non-ortho nitro benzene ring substituents is 1. The predicted octanol–water partition coefficient (Wildman–Crippen LogP) is 5.70. The number of methoxy groups -OCH3 is 1. The average Bonchev–Trinajstić information content (AvgIpc) is 2.87. The molecule has 176 valence electrons. The van der Waals surface area contributed by atoms with Crippen LogP contribution in [0.1, 0.15) is 21.5 Å². The molecule has 0 bridgehead atoms. The molecule has 0 radical (unpaired) electrons. The first-order chi connectivity index (χ1) is 17.0. The fourth-order valence-corrected chi connectivity index (χ4v) is 4.29. The number of nitrogens with one attached hydrogen (secondary N) is 1. The molecule has 0 fully saturated rings. The number of amides is 1. The fraction of sp³-hybridized carbons (Fsp3) is 0.0769. The van der Waals surface area contributed by atoms with Crippen LogP contribution in [0.25, 0.3) is 10.8 Å². The van der Waals surface area contributed by atoms with Crippen molar-refractivity contribution < 1.29 is 19.2 Å². The van der Waals surface area contributed by atoms with Gasteiger partial charge < -0.3 is 9.47 Å². The number of ether oxygens (including phenoxy) is 2. The van der Waals surface area contributed by atoms with Crippen LogP contribution in [0, 0.1) is 13.7 Å². The largest absolute Gasteiger partial charge is 0.493 e. The second kappa shape index (κ2) is 11.0. The third kappa shape index (κ3) is 5.75. The Hall–Kier alpha value is -3.99. The number of halogens is 1. The van der Waals surface area contributed by atoms with Crippen molar-refractivity contribution >= 4 is 51.2 Å². The van der Waals surface area contributed by atoms with Gasteiger partial charge in [0.05, 0.1) is 21.8 Å². The molecule has 4 aromatic rings. The van der Waals surface area contributed by atoms with E-state index in [1.54, 1.807) is 13.2 Å². The lowest BCUT2D eigenvalue weighted by molar-refractivity contribution is -0.384. The van der Waals surface area contributed by atoms with Gasteiger partial charge in [-0.05, 0) is 62.7 Å². The van der Waals surface area contributed by atoms with E-state index in [0.717, 1.165) is 19.9 Å². The number of hydrogen-bond acceptors (Lipinski definition) is 6. The van der Waals surface area contributed by atoms with Crippen molar-refractivity contribution in [2.45, 2.75) is 6.61 Å². The number of nitrogens with zero attached hydrogens (tertiary/aromatic N) is 2. The van der Waals surface area contributed by atoms with Gasteiger partial charge >= 0.3 is 0 Å². The summed E-state index contributed by atoms with van der Waals surface area (Å²) >= 11 is 2.16. The highest BCUT2D eigenvalue weighted by Gasteiger charge is 2.13. The number of carbonyl (C=O) groups is 1. The van der Waals surface area contributed by atoms with E-state index in [9.17, 15) is 14.9 Å². The zero-order valence-corrected chi connectivity index (χ0v) is 20.8.